The van der Waals surface area contributed by atoms with Gasteiger partial charge < -0.3 is 10.4 Å². The van der Waals surface area contributed by atoms with E-state index in [1.54, 1.807) is 0 Å². The van der Waals surface area contributed by atoms with Crippen LogP contribution in [0.1, 0.15) is 37.7 Å². The first-order valence-corrected chi connectivity index (χ1v) is 7.95. The number of hydrogen-bond acceptors (Lipinski definition) is 3. The molecule has 2 N–H and O–H groups in total. The minimum absolute atomic E-state index is 0.445. The van der Waals surface area contributed by atoms with Crippen molar-refractivity contribution in [3.8, 4) is 0 Å². The van der Waals surface area contributed by atoms with Crippen molar-refractivity contribution in [1.29, 1.82) is 0 Å². The molecular weight excluding hydrogens is 264 g/mol. The maximum absolute atomic E-state index is 11.7. The smallest absolute Gasteiger partial charge is 0.312 e. The van der Waals surface area contributed by atoms with Crippen molar-refractivity contribution in [3.63, 3.8) is 0 Å². The zero-order chi connectivity index (χ0) is 15.1. The average molecular weight is 290 g/mol. The highest BCUT2D eigenvalue weighted by molar-refractivity contribution is 5.76. The Labute approximate surface area is 127 Å². The van der Waals surface area contributed by atoms with E-state index in [9.17, 15) is 9.90 Å². The quantitative estimate of drug-likeness (QED) is 0.809. The van der Waals surface area contributed by atoms with Crippen LogP contribution >= 0.6 is 0 Å². The number of rotatable bonds is 7. The Bertz CT molecular complexity index is 430. The molecule has 1 heterocycles. The second-order valence-electron chi connectivity index (χ2n) is 5.80. The van der Waals surface area contributed by atoms with Crippen LogP contribution < -0.4 is 5.32 Å². The molecule has 21 heavy (non-hydrogen) atoms. The minimum Gasteiger partial charge on any atom is -0.481 e. The summed E-state index contributed by atoms with van der Waals surface area (Å²) in [7, 11) is 0. The third-order valence-electron chi connectivity index (χ3n) is 4.22. The number of nitrogens with zero attached hydrogens (tertiary/aromatic N) is 1. The third-order valence-corrected chi connectivity index (χ3v) is 4.22. The predicted molar refractivity (Wildman–Crippen MR) is 84.6 cm³/mol. The summed E-state index contributed by atoms with van der Waals surface area (Å²) in [6.45, 7) is 5.77. The highest BCUT2D eigenvalue weighted by Crippen LogP contribution is 2.21. The maximum Gasteiger partial charge on any atom is 0.312 e. The van der Waals surface area contributed by atoms with Crippen molar-refractivity contribution >= 4 is 5.97 Å². The molecule has 1 aromatic carbocycles. The van der Waals surface area contributed by atoms with E-state index >= 15 is 0 Å². The molecule has 116 valence electrons. The van der Waals surface area contributed by atoms with E-state index in [0.29, 0.717) is 12.6 Å². The van der Waals surface area contributed by atoms with Crippen molar-refractivity contribution in [3.05, 3.63) is 35.9 Å². The minimum atomic E-state index is -0.730. The highest BCUT2D eigenvalue weighted by atomic mass is 16.4. The standard InChI is InChI=1S/C17H26N2O2/c1-2-11-19(15-9-6-10-18-12-15)13-16(17(20)21)14-7-4-3-5-8-14/h3-5,7-8,15-16,18H,2,6,9-13H2,1H3,(H,20,21). The molecule has 1 fully saturated rings. The molecule has 1 aliphatic rings. The average Bonchev–Trinajstić information content (AvgIpc) is 2.52. The van der Waals surface area contributed by atoms with Crippen LogP contribution in [-0.2, 0) is 4.79 Å². The molecule has 0 radical (unpaired) electrons. The van der Waals surface area contributed by atoms with E-state index in [-0.39, 0.29) is 0 Å². The Kier molecular flexibility index (Phi) is 6.21. The van der Waals surface area contributed by atoms with E-state index in [4.69, 9.17) is 0 Å². The molecule has 0 bridgehead atoms. The number of carboxylic acids is 1. The Morgan fingerprint density at radius 3 is 2.76 bits per heavy atom. The molecule has 0 aliphatic carbocycles. The van der Waals surface area contributed by atoms with Crippen molar-refractivity contribution in [2.75, 3.05) is 26.2 Å². The number of piperidine rings is 1. The highest BCUT2D eigenvalue weighted by Gasteiger charge is 2.27. The molecule has 2 atom stereocenters. The molecule has 2 unspecified atom stereocenters. The maximum atomic E-state index is 11.7. The summed E-state index contributed by atoms with van der Waals surface area (Å²) < 4.78 is 0. The van der Waals surface area contributed by atoms with E-state index in [0.717, 1.165) is 38.0 Å². The van der Waals surface area contributed by atoms with Crippen LogP contribution in [-0.4, -0.2) is 48.2 Å². The van der Waals surface area contributed by atoms with Gasteiger partial charge in [-0.15, -0.1) is 0 Å². The summed E-state index contributed by atoms with van der Waals surface area (Å²) in [6.07, 6.45) is 3.39. The van der Waals surface area contributed by atoms with Crippen LogP contribution in [0.5, 0.6) is 0 Å². The number of carbonyl (C=O) groups is 1. The first kappa shape index (κ1) is 16.0. The first-order chi connectivity index (χ1) is 10.2. The molecule has 0 spiro atoms. The number of nitrogens with one attached hydrogen (secondary N) is 1. The summed E-state index contributed by atoms with van der Waals surface area (Å²) in [5.74, 6) is -1.18. The number of hydrogen-bond donors (Lipinski definition) is 2. The summed E-state index contributed by atoms with van der Waals surface area (Å²) in [4.78, 5) is 14.0. The largest absolute Gasteiger partial charge is 0.481 e. The van der Waals surface area contributed by atoms with Gasteiger partial charge in [0.2, 0.25) is 0 Å². The fraction of sp³-hybridized carbons (Fsp3) is 0.588. The van der Waals surface area contributed by atoms with Crippen LogP contribution in [0.15, 0.2) is 30.3 Å². The number of benzene rings is 1. The second-order valence-corrected chi connectivity index (χ2v) is 5.80. The molecule has 4 nitrogen and oxygen atoms in total. The van der Waals surface area contributed by atoms with Crippen LogP contribution in [0.25, 0.3) is 0 Å². The van der Waals surface area contributed by atoms with Gasteiger partial charge in [0.05, 0.1) is 5.92 Å². The Hall–Kier alpha value is -1.39. The monoisotopic (exact) mass is 290 g/mol. The molecular formula is C17H26N2O2. The van der Waals surface area contributed by atoms with Gasteiger partial charge in [-0.2, -0.15) is 0 Å². The van der Waals surface area contributed by atoms with Crippen LogP contribution in [0.2, 0.25) is 0 Å². The SMILES string of the molecule is CCCN(CC(C(=O)O)c1ccccc1)C1CCCNC1. The van der Waals surface area contributed by atoms with Crippen molar-refractivity contribution in [2.24, 2.45) is 0 Å². The van der Waals surface area contributed by atoms with Gasteiger partial charge in [0.25, 0.3) is 0 Å². The lowest BCUT2D eigenvalue weighted by Crippen LogP contribution is -2.48. The van der Waals surface area contributed by atoms with Crippen LogP contribution in [0.3, 0.4) is 0 Å². The second kappa shape index (κ2) is 8.15. The summed E-state index contributed by atoms with van der Waals surface area (Å²) in [5.41, 5.74) is 0.898. The topological polar surface area (TPSA) is 52.6 Å². The fourth-order valence-corrected chi connectivity index (χ4v) is 3.10. The zero-order valence-electron chi connectivity index (χ0n) is 12.8. The van der Waals surface area contributed by atoms with Crippen molar-refractivity contribution in [1.82, 2.24) is 10.2 Å². The molecule has 0 aromatic heterocycles. The Balaban J connectivity index is 2.10. The van der Waals surface area contributed by atoms with E-state index in [2.05, 4.69) is 17.1 Å². The third kappa shape index (κ3) is 4.55. The van der Waals surface area contributed by atoms with E-state index < -0.39 is 11.9 Å². The zero-order valence-corrected chi connectivity index (χ0v) is 12.8. The van der Waals surface area contributed by atoms with Crippen LogP contribution in [0.4, 0.5) is 0 Å². The lowest BCUT2D eigenvalue weighted by Gasteiger charge is -2.36. The van der Waals surface area contributed by atoms with Gasteiger partial charge in [0.1, 0.15) is 0 Å². The summed E-state index contributed by atoms with van der Waals surface area (Å²) in [6, 6.07) is 10.1. The van der Waals surface area contributed by atoms with Gasteiger partial charge >= 0.3 is 5.97 Å². The van der Waals surface area contributed by atoms with Gasteiger partial charge in [0.15, 0.2) is 0 Å². The Morgan fingerprint density at radius 1 is 1.43 bits per heavy atom. The van der Waals surface area contributed by atoms with Crippen LogP contribution in [0, 0.1) is 0 Å². The van der Waals surface area contributed by atoms with E-state index in [1.165, 1.54) is 6.42 Å². The molecule has 1 saturated heterocycles. The number of aliphatic carboxylic acids is 1. The van der Waals surface area contributed by atoms with Gasteiger partial charge in [-0.05, 0) is 37.9 Å². The molecule has 0 saturated carbocycles. The summed E-state index contributed by atoms with van der Waals surface area (Å²) >= 11 is 0. The predicted octanol–water partition coefficient (Wildman–Crippen LogP) is 2.32. The van der Waals surface area contributed by atoms with E-state index in [1.807, 2.05) is 30.3 Å². The fourth-order valence-electron chi connectivity index (χ4n) is 3.10. The van der Waals surface area contributed by atoms with Gasteiger partial charge in [-0.1, -0.05) is 37.3 Å². The van der Waals surface area contributed by atoms with Gasteiger partial charge in [-0.25, -0.2) is 0 Å². The van der Waals surface area contributed by atoms with Gasteiger partial charge in [-0.3, -0.25) is 9.69 Å². The molecule has 4 heteroatoms. The van der Waals surface area contributed by atoms with Crippen molar-refractivity contribution < 1.29 is 9.90 Å². The molecule has 1 aliphatic heterocycles. The first-order valence-electron chi connectivity index (χ1n) is 7.95. The lowest BCUT2D eigenvalue weighted by molar-refractivity contribution is -0.139. The van der Waals surface area contributed by atoms with Crippen molar-refractivity contribution in [2.45, 2.75) is 38.1 Å². The normalized spacial score (nSPS) is 20.4. The Morgan fingerprint density at radius 2 is 2.19 bits per heavy atom. The van der Waals surface area contributed by atoms with Gasteiger partial charge in [0, 0.05) is 19.1 Å². The molecule has 2 rings (SSSR count). The molecule has 0 amide bonds. The summed E-state index contributed by atoms with van der Waals surface area (Å²) in [5, 5.41) is 13.0. The number of carboxylic acid groups (broad SMARTS) is 1. The lowest BCUT2D eigenvalue weighted by atomic mass is 9.96. The molecule has 1 aromatic rings.